The number of rotatable bonds is 3. The second kappa shape index (κ2) is 6.76. The Morgan fingerprint density at radius 3 is 1.52 bits per heavy atom. The Hall–Kier alpha value is -0.763. The van der Waals surface area contributed by atoms with Gasteiger partial charge in [-0.2, -0.15) is 0 Å². The molecule has 1 aromatic rings. The Bertz CT molecular complexity index is 614. The first-order valence-corrected chi connectivity index (χ1v) is 13.5. The van der Waals surface area contributed by atoms with Crippen molar-refractivity contribution >= 4 is 8.07 Å². The summed E-state index contributed by atoms with van der Waals surface area (Å²) in [4.78, 5) is 0. The Balaban J connectivity index is 3.89. The van der Waals surface area contributed by atoms with Gasteiger partial charge in [0.25, 0.3) is 0 Å². The summed E-state index contributed by atoms with van der Waals surface area (Å²) in [6.07, 6.45) is 1.12. The van der Waals surface area contributed by atoms with Crippen LogP contribution >= 0.6 is 0 Å². The van der Waals surface area contributed by atoms with Crippen LogP contribution in [0.3, 0.4) is 0 Å². The van der Waals surface area contributed by atoms with Gasteiger partial charge in [0.05, 0.1) is 0 Å². The fourth-order valence-electron chi connectivity index (χ4n) is 3.73. The summed E-state index contributed by atoms with van der Waals surface area (Å²) < 4.78 is 0. The molecule has 144 valence electrons. The van der Waals surface area contributed by atoms with Crippen molar-refractivity contribution in [2.75, 3.05) is 0 Å². The molecule has 0 aliphatic rings. The molecule has 1 rings (SSSR count). The molecule has 1 N–H and O–H groups in total. The minimum absolute atomic E-state index is 0.0100. The highest BCUT2D eigenvalue weighted by molar-refractivity contribution is 6.76. The lowest BCUT2D eigenvalue weighted by Crippen LogP contribution is -2.29. The third-order valence-electron chi connectivity index (χ3n) is 4.85. The van der Waals surface area contributed by atoms with Crippen molar-refractivity contribution in [2.24, 2.45) is 0 Å². The molecule has 0 saturated carbocycles. The van der Waals surface area contributed by atoms with Crippen LogP contribution in [-0.2, 0) is 22.7 Å². The summed E-state index contributed by atoms with van der Waals surface area (Å²) >= 11 is 0. The SMILES string of the molecule is CC(C)(C)c1cc(O)c(C(C)(C)C)c(C(C)(C)C)c1CC[Si](C)(C)C. The quantitative estimate of drug-likeness (QED) is 0.565. The van der Waals surface area contributed by atoms with Gasteiger partial charge in [-0.15, -0.1) is 0 Å². The molecule has 0 saturated heterocycles. The second-order valence-electron chi connectivity index (χ2n) is 12.0. The number of hydrogen-bond acceptors (Lipinski definition) is 1. The lowest BCUT2D eigenvalue weighted by atomic mass is 9.68. The predicted molar refractivity (Wildman–Crippen MR) is 116 cm³/mol. The number of hydrogen-bond donors (Lipinski definition) is 1. The van der Waals surface area contributed by atoms with Gasteiger partial charge < -0.3 is 5.11 Å². The smallest absolute Gasteiger partial charge is 0.119 e. The molecule has 25 heavy (non-hydrogen) atoms. The van der Waals surface area contributed by atoms with Crippen molar-refractivity contribution in [3.05, 3.63) is 28.3 Å². The maximum Gasteiger partial charge on any atom is 0.119 e. The first kappa shape index (κ1) is 22.3. The molecule has 0 aromatic heterocycles. The molecule has 0 amide bonds. The van der Waals surface area contributed by atoms with Crippen LogP contribution in [0.1, 0.15) is 84.6 Å². The molecule has 0 atom stereocenters. The van der Waals surface area contributed by atoms with E-state index in [-0.39, 0.29) is 16.2 Å². The van der Waals surface area contributed by atoms with Crippen LogP contribution in [0.25, 0.3) is 0 Å². The van der Waals surface area contributed by atoms with Crippen molar-refractivity contribution < 1.29 is 5.11 Å². The van der Waals surface area contributed by atoms with E-state index in [0.29, 0.717) is 5.75 Å². The van der Waals surface area contributed by atoms with Crippen LogP contribution in [0.4, 0.5) is 0 Å². The average Bonchev–Trinajstić information content (AvgIpc) is 2.30. The molecule has 0 heterocycles. The highest BCUT2D eigenvalue weighted by Crippen LogP contribution is 2.46. The molecule has 0 aliphatic carbocycles. The van der Waals surface area contributed by atoms with Gasteiger partial charge in [0.15, 0.2) is 0 Å². The summed E-state index contributed by atoms with van der Waals surface area (Å²) in [5.74, 6) is 0.471. The molecular weight excluding hydrogens is 320 g/mol. The maximum absolute atomic E-state index is 11.0. The van der Waals surface area contributed by atoms with Crippen molar-refractivity contribution in [3.63, 3.8) is 0 Å². The molecular formula is C23H42OSi. The molecule has 0 fully saturated rings. The Kier molecular flexibility index (Phi) is 6.02. The number of phenols is 1. The average molecular weight is 363 g/mol. The fourth-order valence-corrected chi connectivity index (χ4v) is 4.73. The number of benzene rings is 1. The minimum atomic E-state index is -1.14. The van der Waals surface area contributed by atoms with E-state index in [1.165, 1.54) is 22.7 Å². The van der Waals surface area contributed by atoms with Crippen LogP contribution in [0.15, 0.2) is 6.07 Å². The normalized spacial score (nSPS) is 14.1. The molecule has 0 bridgehead atoms. The number of aromatic hydroxyl groups is 1. The van der Waals surface area contributed by atoms with Gasteiger partial charge in [-0.05, 0) is 45.4 Å². The van der Waals surface area contributed by atoms with Crippen LogP contribution in [0.5, 0.6) is 5.75 Å². The summed E-state index contributed by atoms with van der Waals surface area (Å²) in [6.45, 7) is 27.7. The van der Waals surface area contributed by atoms with Crippen LogP contribution in [-0.4, -0.2) is 13.2 Å². The highest BCUT2D eigenvalue weighted by atomic mass is 28.3. The predicted octanol–water partition coefficient (Wildman–Crippen LogP) is 7.17. The van der Waals surface area contributed by atoms with Gasteiger partial charge in [0.1, 0.15) is 5.75 Å². The van der Waals surface area contributed by atoms with Crippen molar-refractivity contribution in [2.45, 2.75) is 111 Å². The van der Waals surface area contributed by atoms with Crippen LogP contribution in [0, 0.1) is 0 Å². The van der Waals surface area contributed by atoms with E-state index in [1.54, 1.807) is 0 Å². The standard InChI is InChI=1S/C23H42OSi/c1-21(2,3)17-15-18(24)20(23(7,8)9)19(22(4,5)6)16(17)13-14-25(10,11)12/h15,24H,13-14H2,1-12H3. The van der Waals surface area contributed by atoms with Crippen molar-refractivity contribution in [3.8, 4) is 5.75 Å². The zero-order chi connectivity index (χ0) is 20.0. The summed E-state index contributed by atoms with van der Waals surface area (Å²) in [7, 11) is -1.14. The zero-order valence-corrected chi connectivity index (χ0v) is 19.9. The minimum Gasteiger partial charge on any atom is -0.508 e. The highest BCUT2D eigenvalue weighted by Gasteiger charge is 2.34. The third kappa shape index (κ3) is 5.61. The summed E-state index contributed by atoms with van der Waals surface area (Å²) in [5, 5.41) is 11.0. The van der Waals surface area contributed by atoms with E-state index in [2.05, 4.69) is 88.0 Å². The van der Waals surface area contributed by atoms with E-state index >= 15 is 0 Å². The van der Waals surface area contributed by atoms with Gasteiger partial charge in [-0.25, -0.2) is 0 Å². The molecule has 0 spiro atoms. The van der Waals surface area contributed by atoms with Gasteiger partial charge in [-0.3, -0.25) is 0 Å². The molecule has 1 aromatic carbocycles. The Morgan fingerprint density at radius 1 is 0.760 bits per heavy atom. The first-order valence-electron chi connectivity index (χ1n) is 9.76. The van der Waals surface area contributed by atoms with E-state index < -0.39 is 8.07 Å². The van der Waals surface area contributed by atoms with E-state index in [4.69, 9.17) is 0 Å². The molecule has 2 heteroatoms. The first-order chi connectivity index (χ1) is 10.9. The summed E-state index contributed by atoms with van der Waals surface area (Å²) in [5.41, 5.74) is 5.29. The van der Waals surface area contributed by atoms with Crippen LogP contribution in [0.2, 0.25) is 25.7 Å². The maximum atomic E-state index is 11.0. The van der Waals surface area contributed by atoms with Crippen molar-refractivity contribution in [1.82, 2.24) is 0 Å². The topological polar surface area (TPSA) is 20.2 Å². The molecule has 0 aliphatic heterocycles. The third-order valence-corrected chi connectivity index (χ3v) is 6.60. The Labute approximate surface area is 158 Å². The second-order valence-corrected chi connectivity index (χ2v) is 17.6. The van der Waals surface area contributed by atoms with E-state index in [0.717, 1.165) is 12.0 Å². The van der Waals surface area contributed by atoms with Gasteiger partial charge in [0, 0.05) is 13.6 Å². The fraction of sp³-hybridized carbons (Fsp3) is 0.739. The monoisotopic (exact) mass is 362 g/mol. The molecule has 1 nitrogen and oxygen atoms in total. The lowest BCUT2D eigenvalue weighted by molar-refractivity contribution is 0.428. The lowest BCUT2D eigenvalue weighted by Gasteiger charge is -2.37. The van der Waals surface area contributed by atoms with Crippen LogP contribution < -0.4 is 0 Å². The largest absolute Gasteiger partial charge is 0.508 e. The summed E-state index contributed by atoms with van der Waals surface area (Å²) in [6, 6.07) is 3.35. The van der Waals surface area contributed by atoms with Crippen molar-refractivity contribution in [1.29, 1.82) is 0 Å². The Morgan fingerprint density at radius 2 is 1.20 bits per heavy atom. The molecule has 0 unspecified atom stereocenters. The van der Waals surface area contributed by atoms with Gasteiger partial charge in [0.2, 0.25) is 0 Å². The molecule has 0 radical (unpaired) electrons. The van der Waals surface area contributed by atoms with Gasteiger partial charge >= 0.3 is 0 Å². The zero-order valence-electron chi connectivity index (χ0n) is 18.9. The number of phenolic OH excluding ortho intramolecular Hbond substituents is 1. The van der Waals surface area contributed by atoms with E-state index in [9.17, 15) is 5.11 Å². The van der Waals surface area contributed by atoms with E-state index in [1.807, 2.05) is 0 Å². The van der Waals surface area contributed by atoms with Gasteiger partial charge in [-0.1, -0.05) is 88.0 Å².